The van der Waals surface area contributed by atoms with E-state index in [1.807, 2.05) is 0 Å². The average molecular weight is 240 g/mol. The molecule has 0 aliphatic carbocycles. The smallest absolute Gasteiger partial charge is 0.0226 e. The molecule has 0 amide bonds. The Hall–Kier alpha value is -0.0800. The van der Waals surface area contributed by atoms with Crippen molar-refractivity contribution in [1.29, 1.82) is 0 Å². The molecule has 3 unspecified atom stereocenters. The maximum Gasteiger partial charge on any atom is 0.0226 e. The summed E-state index contributed by atoms with van der Waals surface area (Å²) >= 11 is 0. The number of nitrogens with one attached hydrogen (secondary N) is 1. The highest BCUT2D eigenvalue weighted by Gasteiger charge is 2.31. The molecular weight excluding hydrogens is 208 g/mol. The largest absolute Gasteiger partial charge is 0.311 e. The summed E-state index contributed by atoms with van der Waals surface area (Å²) in [6, 6.07) is 2.13. The topological polar surface area (TPSA) is 15.3 Å². The second kappa shape index (κ2) is 6.75. The van der Waals surface area contributed by atoms with Gasteiger partial charge in [0.2, 0.25) is 0 Å². The maximum absolute atomic E-state index is 3.74. The van der Waals surface area contributed by atoms with Gasteiger partial charge in [0.1, 0.15) is 0 Å². The van der Waals surface area contributed by atoms with Crippen LogP contribution < -0.4 is 5.32 Å². The van der Waals surface area contributed by atoms with Crippen LogP contribution in [-0.4, -0.2) is 36.1 Å². The minimum Gasteiger partial charge on any atom is -0.311 e. The van der Waals surface area contributed by atoms with Crippen molar-refractivity contribution >= 4 is 0 Å². The molecule has 1 fully saturated rings. The van der Waals surface area contributed by atoms with E-state index in [-0.39, 0.29) is 0 Å². The Bertz CT molecular complexity index is 213. The van der Waals surface area contributed by atoms with Gasteiger partial charge >= 0.3 is 0 Å². The van der Waals surface area contributed by atoms with Crippen LogP contribution >= 0.6 is 0 Å². The van der Waals surface area contributed by atoms with Crippen molar-refractivity contribution in [2.24, 2.45) is 11.8 Å². The normalized spacial score (nSPS) is 28.9. The van der Waals surface area contributed by atoms with E-state index in [9.17, 15) is 0 Å². The predicted octanol–water partition coefficient (Wildman–Crippen LogP) is 3.13. The molecule has 0 bridgehead atoms. The molecule has 1 aliphatic heterocycles. The van der Waals surface area contributed by atoms with E-state index in [2.05, 4.69) is 51.8 Å². The fourth-order valence-electron chi connectivity index (χ4n) is 2.83. The Kier molecular flexibility index (Phi) is 5.94. The summed E-state index contributed by atoms with van der Waals surface area (Å²) in [6.07, 6.45) is 2.58. The first-order chi connectivity index (χ1) is 7.95. The Morgan fingerprint density at radius 3 is 2.29 bits per heavy atom. The van der Waals surface area contributed by atoms with E-state index < -0.39 is 0 Å². The summed E-state index contributed by atoms with van der Waals surface area (Å²) in [7, 11) is 0. The number of nitrogens with zero attached hydrogens (tertiary/aromatic N) is 1. The second-order valence-corrected chi connectivity index (χ2v) is 6.50. The molecule has 2 nitrogen and oxygen atoms in total. The average Bonchev–Trinajstić information content (AvgIpc) is 2.27. The van der Waals surface area contributed by atoms with E-state index >= 15 is 0 Å². The summed E-state index contributed by atoms with van der Waals surface area (Å²) < 4.78 is 0. The van der Waals surface area contributed by atoms with Gasteiger partial charge in [-0.15, -0.1) is 0 Å². The molecule has 1 aliphatic rings. The maximum atomic E-state index is 3.74. The van der Waals surface area contributed by atoms with E-state index in [4.69, 9.17) is 0 Å². The lowest BCUT2D eigenvalue weighted by Gasteiger charge is -2.45. The van der Waals surface area contributed by atoms with Crippen molar-refractivity contribution in [3.8, 4) is 0 Å². The van der Waals surface area contributed by atoms with Crippen molar-refractivity contribution < 1.29 is 0 Å². The van der Waals surface area contributed by atoms with Crippen LogP contribution in [0.2, 0.25) is 0 Å². The van der Waals surface area contributed by atoms with E-state index in [0.29, 0.717) is 6.04 Å². The molecule has 0 aromatic carbocycles. The summed E-state index contributed by atoms with van der Waals surface area (Å²) in [5, 5.41) is 3.74. The molecule has 1 rings (SSSR count). The molecular formula is C15H32N2. The van der Waals surface area contributed by atoms with Crippen LogP contribution in [-0.2, 0) is 0 Å². The van der Waals surface area contributed by atoms with Gasteiger partial charge < -0.3 is 5.32 Å². The van der Waals surface area contributed by atoms with Crippen LogP contribution in [0.5, 0.6) is 0 Å². The van der Waals surface area contributed by atoms with Gasteiger partial charge in [0, 0.05) is 31.2 Å². The molecule has 0 aromatic heterocycles. The minimum atomic E-state index is 0.674. The van der Waals surface area contributed by atoms with Crippen LogP contribution in [0.4, 0.5) is 0 Å². The molecule has 3 atom stereocenters. The molecule has 0 spiro atoms. The molecule has 0 radical (unpaired) electrons. The van der Waals surface area contributed by atoms with Gasteiger partial charge in [-0.3, -0.25) is 4.90 Å². The Morgan fingerprint density at radius 1 is 1.18 bits per heavy atom. The van der Waals surface area contributed by atoms with Crippen molar-refractivity contribution in [3.05, 3.63) is 0 Å². The van der Waals surface area contributed by atoms with Gasteiger partial charge in [-0.25, -0.2) is 0 Å². The molecule has 1 heterocycles. The van der Waals surface area contributed by atoms with Gasteiger partial charge in [0.25, 0.3) is 0 Å². The molecule has 17 heavy (non-hydrogen) atoms. The SMILES string of the molecule is CCC(C)N1CC(C(C)C)NCC1CC(C)C. The number of piperazine rings is 1. The van der Waals surface area contributed by atoms with Gasteiger partial charge in [-0.1, -0.05) is 34.6 Å². The summed E-state index contributed by atoms with van der Waals surface area (Å²) in [4.78, 5) is 2.75. The highest BCUT2D eigenvalue weighted by atomic mass is 15.3. The molecule has 1 saturated heterocycles. The highest BCUT2D eigenvalue weighted by Crippen LogP contribution is 2.21. The molecule has 1 N–H and O–H groups in total. The predicted molar refractivity (Wildman–Crippen MR) is 76.3 cm³/mol. The van der Waals surface area contributed by atoms with Crippen molar-refractivity contribution in [2.45, 2.75) is 72.5 Å². The molecule has 2 heteroatoms. The third-order valence-corrected chi connectivity index (χ3v) is 4.20. The van der Waals surface area contributed by atoms with Crippen LogP contribution in [0.3, 0.4) is 0 Å². The summed E-state index contributed by atoms with van der Waals surface area (Å²) in [5.74, 6) is 1.53. The van der Waals surface area contributed by atoms with Crippen molar-refractivity contribution in [3.63, 3.8) is 0 Å². The Morgan fingerprint density at radius 2 is 1.82 bits per heavy atom. The highest BCUT2D eigenvalue weighted by molar-refractivity contribution is 4.90. The fraction of sp³-hybridized carbons (Fsp3) is 1.00. The molecule has 0 aromatic rings. The number of rotatable bonds is 5. The fourth-order valence-corrected chi connectivity index (χ4v) is 2.83. The Balaban J connectivity index is 2.65. The Labute approximate surface area is 108 Å². The van der Waals surface area contributed by atoms with E-state index in [1.165, 1.54) is 25.9 Å². The zero-order valence-electron chi connectivity index (χ0n) is 12.7. The first-order valence-corrected chi connectivity index (χ1v) is 7.44. The lowest BCUT2D eigenvalue weighted by atomic mass is 9.93. The van der Waals surface area contributed by atoms with Gasteiger partial charge in [-0.05, 0) is 31.6 Å². The van der Waals surface area contributed by atoms with Crippen LogP contribution in [0.25, 0.3) is 0 Å². The first-order valence-electron chi connectivity index (χ1n) is 7.44. The third kappa shape index (κ3) is 4.26. The quantitative estimate of drug-likeness (QED) is 0.794. The van der Waals surface area contributed by atoms with E-state index in [0.717, 1.165) is 23.9 Å². The van der Waals surface area contributed by atoms with Gasteiger partial charge in [0.15, 0.2) is 0 Å². The third-order valence-electron chi connectivity index (χ3n) is 4.20. The van der Waals surface area contributed by atoms with Crippen molar-refractivity contribution in [1.82, 2.24) is 10.2 Å². The summed E-state index contributed by atoms with van der Waals surface area (Å²) in [5.41, 5.74) is 0. The monoisotopic (exact) mass is 240 g/mol. The number of hydrogen-bond acceptors (Lipinski definition) is 2. The zero-order chi connectivity index (χ0) is 13.0. The van der Waals surface area contributed by atoms with Crippen molar-refractivity contribution in [2.75, 3.05) is 13.1 Å². The van der Waals surface area contributed by atoms with Gasteiger partial charge in [0.05, 0.1) is 0 Å². The van der Waals surface area contributed by atoms with Gasteiger partial charge in [-0.2, -0.15) is 0 Å². The second-order valence-electron chi connectivity index (χ2n) is 6.50. The van der Waals surface area contributed by atoms with E-state index in [1.54, 1.807) is 0 Å². The lowest BCUT2D eigenvalue weighted by molar-refractivity contribution is 0.0632. The molecule has 102 valence electrons. The standard InChI is InChI=1S/C15H32N2/c1-7-13(6)17-10-15(12(4)5)16-9-14(17)8-11(2)3/h11-16H,7-10H2,1-6H3. The van der Waals surface area contributed by atoms with Crippen LogP contribution in [0.1, 0.15) is 54.4 Å². The first kappa shape index (κ1) is 15.0. The minimum absolute atomic E-state index is 0.674. The zero-order valence-corrected chi connectivity index (χ0v) is 12.7. The molecule has 0 saturated carbocycles. The number of hydrogen-bond donors (Lipinski definition) is 1. The van der Waals surface area contributed by atoms with Crippen LogP contribution in [0.15, 0.2) is 0 Å². The lowest BCUT2D eigenvalue weighted by Crippen LogP contribution is -2.60. The summed E-state index contributed by atoms with van der Waals surface area (Å²) in [6.45, 7) is 16.4. The van der Waals surface area contributed by atoms with Crippen LogP contribution in [0, 0.1) is 11.8 Å².